The third-order valence-corrected chi connectivity index (χ3v) is 3.64. The maximum atomic E-state index is 11.7. The number of nitrogens with one attached hydrogen (secondary N) is 2. The molecule has 0 spiro atoms. The smallest absolute Gasteiger partial charge is 0.246 e. The van der Waals surface area contributed by atoms with Gasteiger partial charge in [-0.1, -0.05) is 12.3 Å². The average molecular weight is 354 g/mol. The van der Waals surface area contributed by atoms with Gasteiger partial charge in [0.15, 0.2) is 0 Å². The molecule has 2 amide bonds. The normalized spacial score (nSPS) is 16.9. The van der Waals surface area contributed by atoms with Gasteiger partial charge in [0.2, 0.25) is 11.8 Å². The highest BCUT2D eigenvalue weighted by Gasteiger charge is 2.10. The van der Waals surface area contributed by atoms with Crippen molar-refractivity contribution in [3.63, 3.8) is 0 Å². The summed E-state index contributed by atoms with van der Waals surface area (Å²) in [5.74, 6) is 5.96. The Bertz CT molecular complexity index is 444. The van der Waals surface area contributed by atoms with Gasteiger partial charge in [0.1, 0.15) is 12.7 Å². The molecule has 7 heteroatoms. The van der Waals surface area contributed by atoms with E-state index < -0.39 is 0 Å². The number of ether oxygens (including phenoxy) is 3. The SMILES string of the molecule is CNC(=O)CCOCCOCCNC(=O)COC1C#CCCCCC1. The van der Waals surface area contributed by atoms with Gasteiger partial charge in [-0.05, 0) is 19.3 Å². The average Bonchev–Trinajstić information content (AvgIpc) is 2.59. The van der Waals surface area contributed by atoms with Gasteiger partial charge in [-0.2, -0.15) is 0 Å². The van der Waals surface area contributed by atoms with Crippen molar-refractivity contribution in [1.82, 2.24) is 10.6 Å². The van der Waals surface area contributed by atoms with Crippen LogP contribution in [0.25, 0.3) is 0 Å². The molecule has 1 rings (SSSR count). The van der Waals surface area contributed by atoms with E-state index in [1.165, 1.54) is 6.42 Å². The lowest BCUT2D eigenvalue weighted by molar-refractivity contribution is -0.127. The largest absolute Gasteiger partial charge is 0.379 e. The van der Waals surface area contributed by atoms with E-state index in [1.54, 1.807) is 7.05 Å². The summed E-state index contributed by atoms with van der Waals surface area (Å²) in [7, 11) is 1.59. The standard InChI is InChI=1S/C18H30N2O5/c1-19-17(21)9-11-23-13-14-24-12-10-20-18(22)15-25-16-7-5-3-2-4-6-8-16/h16H,2-5,7,9-15H2,1H3,(H,19,21)(H,20,22). The van der Waals surface area contributed by atoms with Crippen molar-refractivity contribution in [3.05, 3.63) is 0 Å². The van der Waals surface area contributed by atoms with E-state index >= 15 is 0 Å². The number of hydrogen-bond acceptors (Lipinski definition) is 5. The van der Waals surface area contributed by atoms with Crippen LogP contribution in [0, 0.1) is 11.8 Å². The molecule has 7 nitrogen and oxygen atoms in total. The Kier molecular flexibility index (Phi) is 12.6. The molecule has 25 heavy (non-hydrogen) atoms. The summed E-state index contributed by atoms with van der Waals surface area (Å²) >= 11 is 0. The Balaban J connectivity index is 1.92. The summed E-state index contributed by atoms with van der Waals surface area (Å²) in [4.78, 5) is 22.7. The zero-order valence-corrected chi connectivity index (χ0v) is 15.1. The molecule has 1 unspecified atom stereocenters. The first-order valence-electron chi connectivity index (χ1n) is 8.95. The summed E-state index contributed by atoms with van der Waals surface area (Å²) in [5, 5.41) is 5.27. The quantitative estimate of drug-likeness (QED) is 0.396. The molecule has 0 saturated carbocycles. The molecule has 1 aliphatic carbocycles. The summed E-state index contributed by atoms with van der Waals surface area (Å²) < 4.78 is 16.1. The Morgan fingerprint density at radius 3 is 2.64 bits per heavy atom. The van der Waals surface area contributed by atoms with Crippen LogP contribution < -0.4 is 10.6 Å². The molecule has 0 radical (unpaired) electrons. The summed E-state index contributed by atoms with van der Waals surface area (Å²) in [6.45, 7) is 2.10. The molecule has 1 atom stereocenters. The highest BCUT2D eigenvalue weighted by Crippen LogP contribution is 2.10. The maximum absolute atomic E-state index is 11.7. The molecule has 0 aromatic heterocycles. The molecule has 0 saturated heterocycles. The second-order valence-corrected chi connectivity index (χ2v) is 5.72. The first-order valence-corrected chi connectivity index (χ1v) is 8.95. The lowest BCUT2D eigenvalue weighted by Gasteiger charge is -2.13. The van der Waals surface area contributed by atoms with Crippen LogP contribution in [0.3, 0.4) is 0 Å². The molecule has 0 fully saturated rings. The van der Waals surface area contributed by atoms with Gasteiger partial charge in [-0.15, -0.1) is 5.92 Å². The van der Waals surface area contributed by atoms with Crippen molar-refractivity contribution in [3.8, 4) is 11.8 Å². The molecular formula is C18H30N2O5. The van der Waals surface area contributed by atoms with Gasteiger partial charge in [-0.25, -0.2) is 0 Å². The molecule has 0 bridgehead atoms. The van der Waals surface area contributed by atoms with Crippen LogP contribution in [0.1, 0.15) is 38.5 Å². The van der Waals surface area contributed by atoms with Crippen molar-refractivity contribution in [2.75, 3.05) is 46.6 Å². The lowest BCUT2D eigenvalue weighted by atomic mass is 10.1. The number of carbonyl (C=O) groups is 2. The first-order chi connectivity index (χ1) is 12.2. The topological polar surface area (TPSA) is 85.9 Å². The second kappa shape index (κ2) is 14.7. The van der Waals surface area contributed by atoms with E-state index in [0.717, 1.165) is 25.7 Å². The molecule has 142 valence electrons. The van der Waals surface area contributed by atoms with E-state index in [4.69, 9.17) is 14.2 Å². The maximum Gasteiger partial charge on any atom is 0.246 e. The van der Waals surface area contributed by atoms with Crippen LogP contribution in [0.15, 0.2) is 0 Å². The number of carbonyl (C=O) groups excluding carboxylic acids is 2. The number of hydrogen-bond donors (Lipinski definition) is 2. The van der Waals surface area contributed by atoms with E-state index in [1.807, 2.05) is 0 Å². The third-order valence-electron chi connectivity index (χ3n) is 3.64. The predicted molar refractivity (Wildman–Crippen MR) is 93.9 cm³/mol. The molecule has 0 heterocycles. The van der Waals surface area contributed by atoms with Crippen LogP contribution in [0.2, 0.25) is 0 Å². The molecule has 2 N–H and O–H groups in total. The lowest BCUT2D eigenvalue weighted by Crippen LogP contribution is -2.32. The highest BCUT2D eigenvalue weighted by molar-refractivity contribution is 5.77. The molecule has 0 aliphatic heterocycles. The summed E-state index contributed by atoms with van der Waals surface area (Å²) in [5.41, 5.74) is 0. The Hall–Kier alpha value is -1.62. The van der Waals surface area contributed by atoms with Crippen molar-refractivity contribution < 1.29 is 23.8 Å². The van der Waals surface area contributed by atoms with Crippen LogP contribution in [0.4, 0.5) is 0 Å². The van der Waals surface area contributed by atoms with E-state index in [-0.39, 0.29) is 24.5 Å². The molecule has 1 aliphatic rings. The minimum atomic E-state index is -0.158. The van der Waals surface area contributed by atoms with Crippen molar-refractivity contribution >= 4 is 11.8 Å². The fourth-order valence-electron chi connectivity index (χ4n) is 2.20. The summed E-state index contributed by atoms with van der Waals surface area (Å²) in [6, 6.07) is 0. The third kappa shape index (κ3) is 12.4. The van der Waals surface area contributed by atoms with Crippen molar-refractivity contribution in [2.45, 2.75) is 44.6 Å². The van der Waals surface area contributed by atoms with Crippen molar-refractivity contribution in [1.29, 1.82) is 0 Å². The minimum Gasteiger partial charge on any atom is -0.379 e. The van der Waals surface area contributed by atoms with Crippen LogP contribution in [0.5, 0.6) is 0 Å². The van der Waals surface area contributed by atoms with Gasteiger partial charge in [0.05, 0.1) is 26.4 Å². The monoisotopic (exact) mass is 354 g/mol. The van der Waals surface area contributed by atoms with Crippen molar-refractivity contribution in [2.24, 2.45) is 0 Å². The molecular weight excluding hydrogens is 324 g/mol. The zero-order valence-electron chi connectivity index (χ0n) is 15.1. The van der Waals surface area contributed by atoms with Gasteiger partial charge >= 0.3 is 0 Å². The predicted octanol–water partition coefficient (Wildman–Crippen LogP) is 0.625. The second-order valence-electron chi connectivity index (χ2n) is 5.72. The number of rotatable bonds is 12. The Morgan fingerprint density at radius 1 is 1.04 bits per heavy atom. The summed E-state index contributed by atoms with van der Waals surface area (Å²) in [6.07, 6.45) is 5.45. The van der Waals surface area contributed by atoms with Gasteiger partial charge < -0.3 is 24.8 Å². The van der Waals surface area contributed by atoms with Crippen LogP contribution in [-0.2, 0) is 23.8 Å². The fourth-order valence-corrected chi connectivity index (χ4v) is 2.20. The Labute approximate surface area is 150 Å². The highest BCUT2D eigenvalue weighted by atomic mass is 16.5. The van der Waals surface area contributed by atoms with Gasteiger partial charge in [0, 0.05) is 26.4 Å². The molecule has 0 aromatic rings. The Morgan fingerprint density at radius 2 is 1.84 bits per heavy atom. The van der Waals surface area contributed by atoms with E-state index in [9.17, 15) is 9.59 Å². The van der Waals surface area contributed by atoms with Gasteiger partial charge in [-0.3, -0.25) is 9.59 Å². The minimum absolute atomic E-state index is 0.0297. The zero-order chi connectivity index (χ0) is 18.2. The number of amides is 2. The van der Waals surface area contributed by atoms with Crippen LogP contribution in [-0.4, -0.2) is 64.5 Å². The van der Waals surface area contributed by atoms with E-state index in [0.29, 0.717) is 39.4 Å². The van der Waals surface area contributed by atoms with Crippen LogP contribution >= 0.6 is 0 Å². The van der Waals surface area contributed by atoms with Gasteiger partial charge in [0.25, 0.3) is 0 Å². The fraction of sp³-hybridized carbons (Fsp3) is 0.778. The molecule has 0 aromatic carbocycles. The first kappa shape index (κ1) is 21.4. The van der Waals surface area contributed by atoms with E-state index in [2.05, 4.69) is 22.5 Å².